The van der Waals surface area contributed by atoms with Crippen LogP contribution in [0.25, 0.3) is 0 Å². The minimum Gasteiger partial charge on any atom is -0.461 e. The number of ether oxygens (including phenoxy) is 1. The third-order valence-electron chi connectivity index (χ3n) is 2.58. The molecule has 0 radical (unpaired) electrons. The minimum absolute atomic E-state index is 0.0346. The van der Waals surface area contributed by atoms with E-state index in [9.17, 15) is 9.59 Å². The highest BCUT2D eigenvalue weighted by Crippen LogP contribution is 2.25. The van der Waals surface area contributed by atoms with E-state index >= 15 is 0 Å². The Kier molecular flexibility index (Phi) is 5.24. The van der Waals surface area contributed by atoms with Gasteiger partial charge < -0.3 is 10.1 Å². The number of carbonyl (C=O) groups is 2. The molecule has 0 aliphatic rings. The molecule has 1 rings (SSSR count). The second kappa shape index (κ2) is 6.49. The van der Waals surface area contributed by atoms with Crippen molar-refractivity contribution >= 4 is 11.9 Å². The molecule has 0 saturated heterocycles. The average Bonchev–Trinajstić information content (AvgIpc) is 2.73. The van der Waals surface area contributed by atoms with Crippen LogP contribution in [0.1, 0.15) is 50.8 Å². The maximum absolute atomic E-state index is 11.9. The van der Waals surface area contributed by atoms with Crippen LogP contribution in [0.15, 0.2) is 0 Å². The summed E-state index contributed by atoms with van der Waals surface area (Å²) in [4.78, 5) is 23.6. The van der Waals surface area contributed by atoms with E-state index in [0.29, 0.717) is 12.2 Å². The second-order valence-electron chi connectivity index (χ2n) is 5.37. The molecule has 0 bridgehead atoms. The second-order valence-corrected chi connectivity index (χ2v) is 5.37. The predicted octanol–water partition coefficient (Wildman–Crippen LogP) is 0.888. The van der Waals surface area contributed by atoms with Gasteiger partial charge in [-0.25, -0.2) is 9.48 Å². The average molecular weight is 282 g/mol. The van der Waals surface area contributed by atoms with Crippen molar-refractivity contribution in [1.82, 2.24) is 20.3 Å². The summed E-state index contributed by atoms with van der Waals surface area (Å²) in [6.45, 7) is 10.2. The number of aromatic nitrogens is 3. The SMILES string of the molecule is CCNC(=O)Cn1nnc(C(=O)OCC)c1C(C)(C)C. The van der Waals surface area contributed by atoms with Crippen molar-refractivity contribution in [3.8, 4) is 0 Å². The van der Waals surface area contributed by atoms with E-state index in [1.54, 1.807) is 6.92 Å². The van der Waals surface area contributed by atoms with Crippen LogP contribution in [0.5, 0.6) is 0 Å². The van der Waals surface area contributed by atoms with Gasteiger partial charge in [-0.15, -0.1) is 5.10 Å². The Morgan fingerprint density at radius 2 is 1.95 bits per heavy atom. The molecule has 0 fully saturated rings. The fourth-order valence-electron chi connectivity index (χ4n) is 1.89. The van der Waals surface area contributed by atoms with Gasteiger partial charge in [-0.05, 0) is 13.8 Å². The molecule has 0 aliphatic heterocycles. The van der Waals surface area contributed by atoms with E-state index in [-0.39, 0.29) is 30.2 Å². The van der Waals surface area contributed by atoms with Crippen LogP contribution in [0.3, 0.4) is 0 Å². The summed E-state index contributed by atoms with van der Waals surface area (Å²) in [5.74, 6) is -0.683. The lowest BCUT2D eigenvalue weighted by Crippen LogP contribution is -2.31. The number of hydrogen-bond acceptors (Lipinski definition) is 5. The standard InChI is InChI=1S/C13H22N4O3/c1-6-14-9(18)8-17-11(13(3,4)5)10(15-16-17)12(19)20-7-2/h6-8H2,1-5H3,(H,14,18). The smallest absolute Gasteiger partial charge is 0.360 e. The molecule has 0 saturated carbocycles. The van der Waals surface area contributed by atoms with Crippen molar-refractivity contribution in [2.75, 3.05) is 13.2 Å². The Hall–Kier alpha value is -1.92. The van der Waals surface area contributed by atoms with Gasteiger partial charge in [0.25, 0.3) is 0 Å². The lowest BCUT2D eigenvalue weighted by atomic mass is 9.90. The van der Waals surface area contributed by atoms with Gasteiger partial charge in [0.15, 0.2) is 5.69 Å². The summed E-state index contributed by atoms with van der Waals surface area (Å²) in [6, 6.07) is 0. The minimum atomic E-state index is -0.514. The van der Waals surface area contributed by atoms with Crippen LogP contribution >= 0.6 is 0 Å². The van der Waals surface area contributed by atoms with Gasteiger partial charge in [0.2, 0.25) is 5.91 Å². The zero-order valence-corrected chi connectivity index (χ0v) is 12.7. The molecule has 0 unspecified atom stereocenters. The number of nitrogens with zero attached hydrogens (tertiary/aromatic N) is 3. The summed E-state index contributed by atoms with van der Waals surface area (Å²) in [5, 5.41) is 10.5. The number of rotatable bonds is 5. The van der Waals surface area contributed by atoms with Crippen molar-refractivity contribution in [3.05, 3.63) is 11.4 Å². The predicted molar refractivity (Wildman–Crippen MR) is 73.4 cm³/mol. The van der Waals surface area contributed by atoms with Gasteiger partial charge in [-0.1, -0.05) is 26.0 Å². The van der Waals surface area contributed by atoms with Crippen molar-refractivity contribution in [2.24, 2.45) is 0 Å². The van der Waals surface area contributed by atoms with E-state index in [1.807, 2.05) is 27.7 Å². The molecule has 0 aliphatic carbocycles. The fraction of sp³-hybridized carbons (Fsp3) is 0.692. The fourth-order valence-corrected chi connectivity index (χ4v) is 1.89. The van der Waals surface area contributed by atoms with Gasteiger partial charge >= 0.3 is 5.97 Å². The molecule has 0 aromatic carbocycles. The third-order valence-corrected chi connectivity index (χ3v) is 2.58. The lowest BCUT2D eigenvalue weighted by Gasteiger charge is -2.20. The maximum atomic E-state index is 11.9. The van der Waals surface area contributed by atoms with E-state index in [0.717, 1.165) is 0 Å². The largest absolute Gasteiger partial charge is 0.461 e. The van der Waals surface area contributed by atoms with E-state index in [4.69, 9.17) is 4.74 Å². The Morgan fingerprint density at radius 3 is 2.45 bits per heavy atom. The van der Waals surface area contributed by atoms with Gasteiger partial charge in [0.1, 0.15) is 6.54 Å². The monoisotopic (exact) mass is 282 g/mol. The first-order valence-corrected chi connectivity index (χ1v) is 6.69. The Bertz CT molecular complexity index is 488. The molecule has 0 atom stereocenters. The number of esters is 1. The van der Waals surface area contributed by atoms with Gasteiger partial charge in [-0.2, -0.15) is 0 Å². The topological polar surface area (TPSA) is 86.1 Å². The molecule has 1 amide bonds. The first-order chi connectivity index (χ1) is 9.31. The van der Waals surface area contributed by atoms with Crippen LogP contribution < -0.4 is 5.32 Å². The molecule has 1 aromatic heterocycles. The third kappa shape index (κ3) is 3.79. The number of nitrogens with one attached hydrogen (secondary N) is 1. The first-order valence-electron chi connectivity index (χ1n) is 6.69. The van der Waals surface area contributed by atoms with Crippen molar-refractivity contribution < 1.29 is 14.3 Å². The molecule has 1 heterocycles. The first kappa shape index (κ1) is 16.1. The summed E-state index contributed by atoms with van der Waals surface area (Å²) in [5.41, 5.74) is 0.392. The van der Waals surface area contributed by atoms with Crippen LogP contribution in [0.4, 0.5) is 0 Å². The maximum Gasteiger partial charge on any atom is 0.360 e. The molecule has 7 nitrogen and oxygen atoms in total. The molecular weight excluding hydrogens is 260 g/mol. The number of likely N-dealkylation sites (N-methyl/N-ethyl adjacent to an activating group) is 1. The van der Waals surface area contributed by atoms with Crippen LogP contribution in [-0.4, -0.2) is 40.0 Å². The Labute approximate surface area is 118 Å². The summed E-state index contributed by atoms with van der Waals surface area (Å²) in [7, 11) is 0. The summed E-state index contributed by atoms with van der Waals surface area (Å²) < 4.78 is 6.43. The van der Waals surface area contributed by atoms with Crippen LogP contribution in [0, 0.1) is 0 Å². The molecule has 1 aromatic rings. The summed E-state index contributed by atoms with van der Waals surface area (Å²) in [6.07, 6.45) is 0. The quantitative estimate of drug-likeness (QED) is 0.810. The normalized spacial score (nSPS) is 11.2. The molecule has 1 N–H and O–H groups in total. The highest BCUT2D eigenvalue weighted by atomic mass is 16.5. The van der Waals surface area contributed by atoms with E-state index in [2.05, 4.69) is 15.6 Å². The highest BCUT2D eigenvalue weighted by Gasteiger charge is 2.30. The molecular formula is C13H22N4O3. The van der Waals surface area contributed by atoms with Gasteiger partial charge in [0, 0.05) is 12.0 Å². The highest BCUT2D eigenvalue weighted by molar-refractivity contribution is 5.89. The van der Waals surface area contributed by atoms with Gasteiger partial charge in [-0.3, -0.25) is 4.79 Å². The molecule has 112 valence electrons. The van der Waals surface area contributed by atoms with Crippen LogP contribution in [0.2, 0.25) is 0 Å². The Morgan fingerprint density at radius 1 is 1.30 bits per heavy atom. The van der Waals surface area contributed by atoms with Crippen molar-refractivity contribution in [1.29, 1.82) is 0 Å². The summed E-state index contributed by atoms with van der Waals surface area (Å²) >= 11 is 0. The number of hydrogen-bond donors (Lipinski definition) is 1. The lowest BCUT2D eigenvalue weighted by molar-refractivity contribution is -0.121. The zero-order chi connectivity index (χ0) is 15.3. The number of amides is 1. The van der Waals surface area contributed by atoms with Crippen molar-refractivity contribution in [2.45, 2.75) is 46.6 Å². The Balaban J connectivity index is 3.13. The molecule has 0 spiro atoms. The van der Waals surface area contributed by atoms with E-state index in [1.165, 1.54) is 4.68 Å². The van der Waals surface area contributed by atoms with Crippen LogP contribution in [-0.2, 0) is 21.5 Å². The molecule has 7 heteroatoms. The van der Waals surface area contributed by atoms with E-state index < -0.39 is 5.97 Å². The van der Waals surface area contributed by atoms with Gasteiger partial charge in [0.05, 0.1) is 12.3 Å². The van der Waals surface area contributed by atoms with Crippen molar-refractivity contribution in [3.63, 3.8) is 0 Å². The molecule has 20 heavy (non-hydrogen) atoms. The number of carbonyl (C=O) groups excluding carboxylic acids is 2. The zero-order valence-electron chi connectivity index (χ0n) is 12.7.